The quantitative estimate of drug-likeness (QED) is 0.297. The summed E-state index contributed by atoms with van der Waals surface area (Å²) < 4.78 is 0. The zero-order valence-electron chi connectivity index (χ0n) is 12.5. The van der Waals surface area contributed by atoms with Crippen LogP contribution in [0.4, 0.5) is 0 Å². The monoisotopic (exact) mass is 334 g/mol. The molecule has 0 bridgehead atoms. The summed E-state index contributed by atoms with van der Waals surface area (Å²) in [5.74, 6) is 0.392. The van der Waals surface area contributed by atoms with Crippen molar-refractivity contribution in [2.24, 2.45) is 5.73 Å². The van der Waals surface area contributed by atoms with E-state index in [-0.39, 0.29) is 24.4 Å². The Labute approximate surface area is 134 Å². The first-order valence-corrected chi connectivity index (χ1v) is 7.96. The molecule has 1 atom stereocenters. The Hall–Kier alpha value is -1.35. The number of primary amides is 1. The van der Waals surface area contributed by atoms with E-state index in [2.05, 4.69) is 10.6 Å². The van der Waals surface area contributed by atoms with Gasteiger partial charge < -0.3 is 21.3 Å². The lowest BCUT2D eigenvalue weighted by Gasteiger charge is -2.27. The van der Waals surface area contributed by atoms with Crippen LogP contribution in [0, 0.1) is 0 Å². The van der Waals surface area contributed by atoms with Gasteiger partial charge in [0.1, 0.15) is 4.99 Å². The zero-order chi connectivity index (χ0) is 16.4. The molecule has 1 unspecified atom stereocenters. The number of hydrogen-bond donors (Lipinski definition) is 3. The standard InChI is InChI=1S/C12H22N4O3S2/c1-8(15-10(3)18)12(20)16(6-11(13)19)4-5-21-7-14-9(2)17/h8H,4-7H2,1-3H3,(H2,13,19)(H,14,17)(H,15,18). The lowest BCUT2D eigenvalue weighted by molar-refractivity contribution is -0.119. The van der Waals surface area contributed by atoms with Gasteiger partial charge in [0.25, 0.3) is 0 Å². The lowest BCUT2D eigenvalue weighted by Crippen LogP contribution is -2.48. The number of thioether (sulfide) groups is 1. The Morgan fingerprint density at radius 3 is 2.38 bits per heavy atom. The van der Waals surface area contributed by atoms with Crippen molar-refractivity contribution in [3.8, 4) is 0 Å². The molecule has 7 nitrogen and oxygen atoms in total. The van der Waals surface area contributed by atoms with Crippen LogP contribution < -0.4 is 16.4 Å². The Kier molecular flexibility index (Phi) is 9.72. The molecule has 0 saturated heterocycles. The van der Waals surface area contributed by atoms with Gasteiger partial charge in [-0.1, -0.05) is 12.2 Å². The summed E-state index contributed by atoms with van der Waals surface area (Å²) >= 11 is 6.79. The van der Waals surface area contributed by atoms with E-state index in [0.717, 1.165) is 0 Å². The number of thiocarbonyl (C=S) groups is 1. The molecule has 0 aromatic carbocycles. The van der Waals surface area contributed by atoms with Crippen molar-refractivity contribution in [3.63, 3.8) is 0 Å². The van der Waals surface area contributed by atoms with Crippen LogP contribution in [0.25, 0.3) is 0 Å². The SMILES string of the molecule is CC(=O)NCSCCN(CC(N)=O)C(=S)C(C)NC(C)=O. The second kappa shape index (κ2) is 10.4. The molecular formula is C12H22N4O3S2. The van der Waals surface area contributed by atoms with Crippen LogP contribution in [-0.4, -0.2) is 58.4 Å². The molecule has 120 valence electrons. The van der Waals surface area contributed by atoms with Gasteiger partial charge in [-0.2, -0.15) is 0 Å². The molecule has 0 spiro atoms. The van der Waals surface area contributed by atoms with Crippen LogP contribution >= 0.6 is 24.0 Å². The Morgan fingerprint density at radius 1 is 1.29 bits per heavy atom. The molecular weight excluding hydrogens is 312 g/mol. The molecule has 3 amide bonds. The third kappa shape index (κ3) is 10.1. The highest BCUT2D eigenvalue weighted by molar-refractivity contribution is 7.99. The van der Waals surface area contributed by atoms with Gasteiger partial charge in [-0.05, 0) is 6.92 Å². The first-order valence-electron chi connectivity index (χ1n) is 6.40. The second-order valence-electron chi connectivity index (χ2n) is 4.43. The van der Waals surface area contributed by atoms with Crippen molar-refractivity contribution in [1.29, 1.82) is 0 Å². The van der Waals surface area contributed by atoms with Crippen LogP contribution in [0.15, 0.2) is 0 Å². The molecule has 0 aliphatic carbocycles. The van der Waals surface area contributed by atoms with Crippen molar-refractivity contribution in [3.05, 3.63) is 0 Å². The molecule has 0 aliphatic heterocycles. The summed E-state index contributed by atoms with van der Waals surface area (Å²) in [5.41, 5.74) is 5.21. The van der Waals surface area contributed by atoms with Gasteiger partial charge in [-0.3, -0.25) is 14.4 Å². The van der Waals surface area contributed by atoms with Gasteiger partial charge in [0, 0.05) is 26.1 Å². The Balaban J connectivity index is 4.36. The number of hydrogen-bond acceptors (Lipinski definition) is 5. The molecule has 0 saturated carbocycles. The maximum atomic E-state index is 11.1. The minimum Gasteiger partial charge on any atom is -0.368 e. The molecule has 0 rings (SSSR count). The predicted molar refractivity (Wildman–Crippen MR) is 87.8 cm³/mol. The molecule has 21 heavy (non-hydrogen) atoms. The summed E-state index contributed by atoms with van der Waals surface area (Å²) in [5, 5.41) is 5.34. The summed E-state index contributed by atoms with van der Waals surface area (Å²) in [6.07, 6.45) is 0. The van der Waals surface area contributed by atoms with Crippen LogP contribution in [0.3, 0.4) is 0 Å². The van der Waals surface area contributed by atoms with Crippen LogP contribution in [0.1, 0.15) is 20.8 Å². The maximum absolute atomic E-state index is 11.1. The highest BCUT2D eigenvalue weighted by Gasteiger charge is 2.18. The number of nitrogens with two attached hydrogens (primary N) is 1. The van der Waals surface area contributed by atoms with Gasteiger partial charge in [0.05, 0.1) is 18.5 Å². The van der Waals surface area contributed by atoms with Gasteiger partial charge in [-0.15, -0.1) is 11.8 Å². The van der Waals surface area contributed by atoms with Crippen LogP contribution in [0.2, 0.25) is 0 Å². The van der Waals surface area contributed by atoms with Gasteiger partial charge in [-0.25, -0.2) is 0 Å². The van der Waals surface area contributed by atoms with E-state index in [1.165, 1.54) is 25.6 Å². The van der Waals surface area contributed by atoms with E-state index in [1.54, 1.807) is 11.8 Å². The number of carbonyl (C=O) groups is 3. The fourth-order valence-electron chi connectivity index (χ4n) is 1.50. The van der Waals surface area contributed by atoms with Crippen molar-refractivity contribution in [2.45, 2.75) is 26.8 Å². The number of amides is 3. The first kappa shape index (κ1) is 19.7. The molecule has 0 aromatic rings. The van der Waals surface area contributed by atoms with Gasteiger partial charge >= 0.3 is 0 Å². The molecule has 0 radical (unpaired) electrons. The Bertz CT molecular complexity index is 404. The van der Waals surface area contributed by atoms with E-state index in [0.29, 0.717) is 23.2 Å². The van der Waals surface area contributed by atoms with Crippen LogP contribution in [0.5, 0.6) is 0 Å². The molecule has 0 fully saturated rings. The predicted octanol–water partition coefficient (Wildman–Crippen LogP) is -0.547. The average molecular weight is 334 g/mol. The molecule has 0 heterocycles. The summed E-state index contributed by atoms with van der Waals surface area (Å²) in [6, 6.07) is -0.350. The molecule has 0 aromatic heterocycles. The van der Waals surface area contributed by atoms with Gasteiger partial charge in [0.2, 0.25) is 17.7 Å². The fraction of sp³-hybridized carbons (Fsp3) is 0.667. The van der Waals surface area contributed by atoms with E-state index in [4.69, 9.17) is 18.0 Å². The fourth-order valence-corrected chi connectivity index (χ4v) is 2.51. The summed E-state index contributed by atoms with van der Waals surface area (Å²) in [4.78, 5) is 35.0. The topological polar surface area (TPSA) is 105 Å². The van der Waals surface area contributed by atoms with E-state index < -0.39 is 5.91 Å². The van der Waals surface area contributed by atoms with E-state index in [1.807, 2.05) is 0 Å². The van der Waals surface area contributed by atoms with E-state index >= 15 is 0 Å². The summed E-state index contributed by atoms with van der Waals surface area (Å²) in [7, 11) is 0. The Morgan fingerprint density at radius 2 is 1.90 bits per heavy atom. The van der Waals surface area contributed by atoms with Crippen molar-refractivity contribution in [1.82, 2.24) is 15.5 Å². The van der Waals surface area contributed by atoms with Crippen molar-refractivity contribution in [2.75, 3.05) is 24.7 Å². The third-order valence-electron chi connectivity index (χ3n) is 2.38. The number of nitrogens with zero attached hydrogens (tertiary/aromatic N) is 1. The molecule has 9 heteroatoms. The highest BCUT2D eigenvalue weighted by Crippen LogP contribution is 2.03. The smallest absolute Gasteiger partial charge is 0.236 e. The van der Waals surface area contributed by atoms with Crippen LogP contribution in [-0.2, 0) is 14.4 Å². The van der Waals surface area contributed by atoms with E-state index in [9.17, 15) is 14.4 Å². The number of carbonyl (C=O) groups excluding carboxylic acids is 3. The molecule has 4 N–H and O–H groups in total. The second-order valence-corrected chi connectivity index (χ2v) is 5.96. The normalized spacial score (nSPS) is 11.4. The zero-order valence-corrected chi connectivity index (χ0v) is 14.1. The highest BCUT2D eigenvalue weighted by atomic mass is 32.2. The lowest BCUT2D eigenvalue weighted by atomic mass is 10.3. The van der Waals surface area contributed by atoms with Gasteiger partial charge in [0.15, 0.2) is 0 Å². The van der Waals surface area contributed by atoms with Crippen molar-refractivity contribution < 1.29 is 14.4 Å². The third-order valence-corrected chi connectivity index (χ3v) is 3.81. The minimum absolute atomic E-state index is 0.00343. The maximum Gasteiger partial charge on any atom is 0.236 e. The molecule has 0 aliphatic rings. The largest absolute Gasteiger partial charge is 0.368 e. The van der Waals surface area contributed by atoms with Crippen molar-refractivity contribution >= 4 is 46.7 Å². The minimum atomic E-state index is -0.487. The number of rotatable bonds is 9. The first-order chi connectivity index (χ1) is 9.73. The summed E-state index contributed by atoms with van der Waals surface area (Å²) in [6.45, 7) is 5.12. The average Bonchev–Trinajstić information content (AvgIpc) is 2.34. The number of nitrogens with one attached hydrogen (secondary N) is 2.